The number of rotatable bonds is 8. The zero-order chi connectivity index (χ0) is 26.5. The van der Waals surface area contributed by atoms with Crippen molar-refractivity contribution < 1.29 is 9.84 Å². The third-order valence-electron chi connectivity index (χ3n) is 7.48. The Morgan fingerprint density at radius 1 is 1.18 bits per heavy atom. The van der Waals surface area contributed by atoms with Crippen molar-refractivity contribution in [3.63, 3.8) is 0 Å². The van der Waals surface area contributed by atoms with Crippen LogP contribution in [0.3, 0.4) is 0 Å². The molecule has 2 aromatic heterocycles. The Labute approximate surface area is 221 Å². The summed E-state index contributed by atoms with van der Waals surface area (Å²) >= 11 is 0. The molecule has 0 spiro atoms. The predicted octanol–water partition coefficient (Wildman–Crippen LogP) is 2.82. The molecule has 1 aromatic carbocycles. The average molecular weight is 519 g/mol. The van der Waals surface area contributed by atoms with E-state index in [0.29, 0.717) is 41.7 Å². The second-order valence-corrected chi connectivity index (χ2v) is 10.4. The number of benzene rings is 1. The highest BCUT2D eigenvalue weighted by molar-refractivity contribution is 5.90. The lowest BCUT2D eigenvalue weighted by Gasteiger charge is -2.35. The Morgan fingerprint density at radius 2 is 1.92 bits per heavy atom. The molecule has 0 unspecified atom stereocenters. The molecule has 0 bridgehead atoms. The molecule has 11 heteroatoms. The van der Waals surface area contributed by atoms with Gasteiger partial charge in [0.25, 0.3) is 5.56 Å². The number of hydrogen-bond acceptors (Lipinski definition) is 9. The zero-order valence-electron chi connectivity index (χ0n) is 21.7. The van der Waals surface area contributed by atoms with Gasteiger partial charge in [-0.2, -0.15) is 10.1 Å². The number of nitrogens with zero attached hydrogens (tertiary/aromatic N) is 6. The minimum Gasteiger partial charge on any atom is -0.492 e. The molecule has 0 radical (unpaired) electrons. The average Bonchev–Trinajstić information content (AvgIpc) is 2.91. The molecule has 3 aromatic rings. The van der Waals surface area contributed by atoms with Gasteiger partial charge >= 0.3 is 0 Å². The number of hydrogen-bond donors (Lipinski definition) is 3. The summed E-state index contributed by atoms with van der Waals surface area (Å²) in [6.45, 7) is 14.3. The van der Waals surface area contributed by atoms with Crippen LogP contribution in [0.4, 0.5) is 17.5 Å². The number of H-pyrrole nitrogens is 1. The Hall–Kier alpha value is -3.75. The molecule has 2 aliphatic rings. The number of ether oxygens (including phenoxy) is 1. The van der Waals surface area contributed by atoms with Crippen LogP contribution in [0.25, 0.3) is 15.7 Å². The number of nitrogens with one attached hydrogen (secondary N) is 2. The molecule has 38 heavy (non-hydrogen) atoms. The molecular weight excluding hydrogens is 484 g/mol. The fourth-order valence-corrected chi connectivity index (χ4v) is 4.99. The van der Waals surface area contributed by atoms with E-state index < -0.39 is 5.60 Å². The third-order valence-corrected chi connectivity index (χ3v) is 7.48. The van der Waals surface area contributed by atoms with E-state index in [1.807, 2.05) is 31.2 Å². The summed E-state index contributed by atoms with van der Waals surface area (Å²) in [5, 5.41) is 20.1. The number of piperidine rings is 2. The first-order valence-electron chi connectivity index (χ1n) is 13.2. The molecule has 0 amide bonds. The lowest BCUT2D eigenvalue weighted by atomic mass is 9.94. The first-order valence-corrected chi connectivity index (χ1v) is 13.2. The van der Waals surface area contributed by atoms with Crippen molar-refractivity contribution >= 4 is 28.4 Å². The molecule has 2 saturated heterocycles. The van der Waals surface area contributed by atoms with Crippen molar-refractivity contribution in [1.29, 1.82) is 0 Å². The van der Waals surface area contributed by atoms with Gasteiger partial charge in [0.1, 0.15) is 29.1 Å². The summed E-state index contributed by atoms with van der Waals surface area (Å²) in [7, 11) is 0. The normalized spacial score (nSPS) is 18.3. The number of fused-ring (bicyclic) bond motifs is 1. The van der Waals surface area contributed by atoms with Gasteiger partial charge in [-0.05, 0) is 56.9 Å². The molecule has 0 atom stereocenters. The predicted molar refractivity (Wildman–Crippen MR) is 146 cm³/mol. The summed E-state index contributed by atoms with van der Waals surface area (Å²) in [5.41, 5.74) is 0.344. The van der Waals surface area contributed by atoms with Crippen LogP contribution < -0.4 is 20.5 Å². The third kappa shape index (κ3) is 6.20. The quantitative estimate of drug-likeness (QED) is 0.386. The van der Waals surface area contributed by atoms with Crippen LogP contribution in [0.1, 0.15) is 32.6 Å². The van der Waals surface area contributed by atoms with E-state index >= 15 is 0 Å². The Kier molecular flexibility index (Phi) is 7.72. The summed E-state index contributed by atoms with van der Waals surface area (Å²) in [4.78, 5) is 29.9. The van der Waals surface area contributed by atoms with Crippen LogP contribution in [0.5, 0.6) is 5.75 Å². The molecule has 11 nitrogen and oxygen atoms in total. The highest BCUT2D eigenvalue weighted by Gasteiger charge is 2.27. The van der Waals surface area contributed by atoms with Crippen molar-refractivity contribution in [1.82, 2.24) is 25.1 Å². The van der Waals surface area contributed by atoms with Gasteiger partial charge in [0.05, 0.1) is 11.8 Å². The van der Waals surface area contributed by atoms with E-state index in [4.69, 9.17) is 16.3 Å². The van der Waals surface area contributed by atoms with Crippen molar-refractivity contribution in [3.8, 4) is 5.75 Å². The van der Waals surface area contributed by atoms with Gasteiger partial charge in [-0.3, -0.25) is 9.69 Å². The largest absolute Gasteiger partial charge is 0.492 e. The van der Waals surface area contributed by atoms with Crippen LogP contribution in [0.2, 0.25) is 0 Å². The minimum absolute atomic E-state index is 0.354. The van der Waals surface area contributed by atoms with E-state index in [1.165, 1.54) is 0 Å². The smallest absolute Gasteiger partial charge is 0.277 e. The minimum atomic E-state index is -0.548. The van der Waals surface area contributed by atoms with Gasteiger partial charge in [0, 0.05) is 44.3 Å². The lowest BCUT2D eigenvalue weighted by Crippen LogP contribution is -2.43. The van der Waals surface area contributed by atoms with E-state index in [1.54, 1.807) is 6.20 Å². The highest BCUT2D eigenvalue weighted by Crippen LogP contribution is 2.27. The molecular formula is C27H34N8O3. The van der Waals surface area contributed by atoms with Crippen LogP contribution in [-0.4, -0.2) is 81.6 Å². The molecule has 2 fully saturated rings. The Morgan fingerprint density at radius 3 is 2.63 bits per heavy atom. The first-order chi connectivity index (χ1) is 18.4. The maximum Gasteiger partial charge on any atom is 0.277 e. The van der Waals surface area contributed by atoms with Crippen LogP contribution in [-0.2, 0) is 0 Å². The molecule has 5 rings (SSSR count). The van der Waals surface area contributed by atoms with Crippen molar-refractivity contribution in [3.05, 3.63) is 52.2 Å². The number of anilines is 3. The van der Waals surface area contributed by atoms with E-state index in [9.17, 15) is 9.90 Å². The molecule has 200 valence electrons. The number of aromatic nitrogens is 4. The number of likely N-dealkylation sites (tertiary alicyclic amines) is 1. The molecule has 0 saturated carbocycles. The van der Waals surface area contributed by atoms with Crippen molar-refractivity contribution in [2.45, 2.75) is 38.2 Å². The van der Waals surface area contributed by atoms with E-state index in [2.05, 4.69) is 35.1 Å². The summed E-state index contributed by atoms with van der Waals surface area (Å²) < 4.78 is 5.93. The molecule has 0 aliphatic carbocycles. The second-order valence-electron chi connectivity index (χ2n) is 10.4. The second kappa shape index (κ2) is 11.3. The van der Waals surface area contributed by atoms with Gasteiger partial charge < -0.3 is 24.9 Å². The van der Waals surface area contributed by atoms with Gasteiger partial charge in [-0.1, -0.05) is 0 Å². The monoisotopic (exact) mass is 518 g/mol. The zero-order valence-corrected chi connectivity index (χ0v) is 21.7. The number of aliphatic hydroxyl groups is 1. The SMILES string of the molecule is [C-]#[N+]CC1CCN(c2nc(Nc3ccc(OCCN4CCC(C)(O)CC4)cc3)c3c(=O)[nH]ncc3n2)CC1. The van der Waals surface area contributed by atoms with E-state index in [0.717, 1.165) is 69.8 Å². The van der Waals surface area contributed by atoms with Crippen molar-refractivity contribution in [2.24, 2.45) is 5.92 Å². The van der Waals surface area contributed by atoms with Crippen molar-refractivity contribution in [2.75, 3.05) is 56.1 Å². The topological polar surface area (TPSA) is 124 Å². The fraction of sp³-hybridized carbons (Fsp3) is 0.519. The molecule has 3 N–H and O–H groups in total. The first kappa shape index (κ1) is 25.9. The summed E-state index contributed by atoms with van der Waals surface area (Å²) in [5.74, 6) is 2.14. The maximum absolute atomic E-state index is 12.6. The van der Waals surface area contributed by atoms with Gasteiger partial charge in [0.15, 0.2) is 0 Å². The van der Waals surface area contributed by atoms with E-state index in [-0.39, 0.29) is 5.56 Å². The van der Waals surface area contributed by atoms with Crippen LogP contribution in [0.15, 0.2) is 35.3 Å². The lowest BCUT2D eigenvalue weighted by molar-refractivity contribution is -0.00768. The number of aromatic amines is 1. The molecule has 2 aliphatic heterocycles. The van der Waals surface area contributed by atoms with Crippen LogP contribution >= 0.6 is 0 Å². The maximum atomic E-state index is 12.6. The molecule has 4 heterocycles. The standard InChI is InChI=1S/C27H34N8O3/c1-27(37)9-13-34(14-10-27)15-16-38-21-5-3-20(4-6-21)30-24-23-22(18-29-33-25(23)36)31-26(32-24)35-11-7-19(8-12-35)17-28-2/h3-6,18-19,37H,7-17H2,1H3,(H,33,36)(H,30,31,32). The fourth-order valence-electron chi connectivity index (χ4n) is 4.99. The van der Waals surface area contributed by atoms with Gasteiger partial charge in [0.2, 0.25) is 12.5 Å². The highest BCUT2D eigenvalue weighted by atomic mass is 16.5. The van der Waals surface area contributed by atoms with Gasteiger partial charge in [-0.15, -0.1) is 0 Å². The van der Waals surface area contributed by atoms with Crippen LogP contribution in [0, 0.1) is 12.5 Å². The Balaban J connectivity index is 1.25. The summed E-state index contributed by atoms with van der Waals surface area (Å²) in [6, 6.07) is 7.57. The van der Waals surface area contributed by atoms with Gasteiger partial charge in [-0.25, -0.2) is 16.7 Å². The Bertz CT molecular complexity index is 1330. The summed E-state index contributed by atoms with van der Waals surface area (Å²) in [6.07, 6.45) is 4.94.